The number of rotatable bonds is 7. The second kappa shape index (κ2) is 10.7. The van der Waals surface area contributed by atoms with Crippen molar-refractivity contribution < 1.29 is 9.18 Å². The van der Waals surface area contributed by atoms with Gasteiger partial charge in [0.2, 0.25) is 5.91 Å². The van der Waals surface area contributed by atoms with Crippen molar-refractivity contribution in [2.75, 3.05) is 6.54 Å². The quantitative estimate of drug-likeness (QED) is 0.729. The van der Waals surface area contributed by atoms with Crippen LogP contribution in [-0.4, -0.2) is 23.0 Å². The Bertz CT molecular complexity index is 677. The molecule has 2 rings (SSSR count). The fourth-order valence-electron chi connectivity index (χ4n) is 2.14. The summed E-state index contributed by atoms with van der Waals surface area (Å²) >= 11 is 1.40. The first-order valence-corrected chi connectivity index (χ1v) is 8.59. The molecule has 25 heavy (non-hydrogen) atoms. The Morgan fingerprint density at radius 1 is 1.32 bits per heavy atom. The van der Waals surface area contributed by atoms with Crippen molar-refractivity contribution in [3.05, 3.63) is 41.2 Å². The Morgan fingerprint density at radius 2 is 2.00 bits per heavy atom. The van der Waals surface area contributed by atoms with Gasteiger partial charge < -0.3 is 11.1 Å². The zero-order valence-electron chi connectivity index (χ0n) is 14.3. The smallest absolute Gasteiger partial charge is 0.226 e. The van der Waals surface area contributed by atoms with Crippen LogP contribution in [-0.2, 0) is 11.2 Å². The number of amides is 1. The van der Waals surface area contributed by atoms with Gasteiger partial charge in [0, 0.05) is 23.0 Å². The van der Waals surface area contributed by atoms with Crippen LogP contribution in [0.5, 0.6) is 0 Å². The van der Waals surface area contributed by atoms with Crippen molar-refractivity contribution in [2.45, 2.75) is 38.6 Å². The number of carbonyl (C=O) groups is 1. The summed E-state index contributed by atoms with van der Waals surface area (Å²) in [4.78, 5) is 16.4. The van der Waals surface area contributed by atoms with Crippen LogP contribution in [0.2, 0.25) is 0 Å². The number of nitrogens with zero attached hydrogens (tertiary/aromatic N) is 1. The molecule has 0 saturated carbocycles. The van der Waals surface area contributed by atoms with E-state index in [-0.39, 0.29) is 48.5 Å². The number of halogens is 3. The Labute approximate surface area is 164 Å². The minimum Gasteiger partial charge on any atom is -0.354 e. The molecule has 2 aromatic rings. The number of aromatic nitrogens is 1. The van der Waals surface area contributed by atoms with Gasteiger partial charge in [-0.2, -0.15) is 0 Å². The van der Waals surface area contributed by atoms with Crippen LogP contribution in [0.3, 0.4) is 0 Å². The molecule has 1 amide bonds. The van der Waals surface area contributed by atoms with Gasteiger partial charge in [0.25, 0.3) is 0 Å². The predicted molar refractivity (Wildman–Crippen MR) is 106 cm³/mol. The molecule has 1 aromatic heterocycles. The Balaban J connectivity index is 0.00000288. The summed E-state index contributed by atoms with van der Waals surface area (Å²) in [5, 5.41) is 5.41. The number of hydrogen-bond donors (Lipinski definition) is 2. The number of nitrogens with two attached hydrogens (primary N) is 1. The maximum atomic E-state index is 13.2. The largest absolute Gasteiger partial charge is 0.354 e. The van der Waals surface area contributed by atoms with E-state index in [0.29, 0.717) is 17.2 Å². The summed E-state index contributed by atoms with van der Waals surface area (Å²) in [6.07, 6.45) is 1.82. The summed E-state index contributed by atoms with van der Waals surface area (Å²) in [6.45, 7) is 4.49. The third-order valence-electron chi connectivity index (χ3n) is 4.01. The summed E-state index contributed by atoms with van der Waals surface area (Å²) in [6, 6.07) is 6.28. The van der Waals surface area contributed by atoms with Gasteiger partial charge in [-0.05, 0) is 25.0 Å². The molecule has 1 aromatic carbocycles. The molecule has 1 heterocycles. The Morgan fingerprint density at radius 3 is 2.60 bits per heavy atom. The van der Waals surface area contributed by atoms with Crippen molar-refractivity contribution >= 4 is 42.1 Å². The summed E-state index contributed by atoms with van der Waals surface area (Å²) < 4.78 is 13.2. The van der Waals surface area contributed by atoms with E-state index in [1.54, 1.807) is 12.1 Å². The SMILES string of the molecule is CCC(N)(CC)CNC(=O)Cc1csc(-c2cccc(F)c2)n1.Cl.Cl. The number of benzene rings is 1. The van der Waals surface area contributed by atoms with Crippen molar-refractivity contribution in [2.24, 2.45) is 5.73 Å². The number of thiazole rings is 1. The van der Waals surface area contributed by atoms with Crippen LogP contribution in [0.25, 0.3) is 10.6 Å². The highest BCUT2D eigenvalue weighted by atomic mass is 35.5. The third kappa shape index (κ3) is 6.90. The zero-order chi connectivity index (χ0) is 16.9. The predicted octanol–water partition coefficient (Wildman–Crippen LogP) is 3.97. The van der Waals surface area contributed by atoms with Crippen molar-refractivity contribution in [3.63, 3.8) is 0 Å². The average molecular weight is 408 g/mol. The van der Waals surface area contributed by atoms with Crippen LogP contribution in [0.4, 0.5) is 4.39 Å². The fourth-order valence-corrected chi connectivity index (χ4v) is 2.96. The highest BCUT2D eigenvalue weighted by Gasteiger charge is 2.21. The maximum Gasteiger partial charge on any atom is 0.226 e. The minimum absolute atomic E-state index is 0. The molecule has 0 saturated heterocycles. The number of nitrogens with one attached hydrogen (secondary N) is 1. The maximum absolute atomic E-state index is 13.2. The minimum atomic E-state index is -0.357. The molecule has 0 fully saturated rings. The average Bonchev–Trinajstić information content (AvgIpc) is 3.01. The van der Waals surface area contributed by atoms with Gasteiger partial charge in [-0.3, -0.25) is 4.79 Å². The van der Waals surface area contributed by atoms with Gasteiger partial charge in [-0.25, -0.2) is 9.37 Å². The molecule has 0 aliphatic heterocycles. The van der Waals surface area contributed by atoms with Crippen LogP contribution in [0, 0.1) is 5.82 Å². The molecule has 4 nitrogen and oxygen atoms in total. The Hall–Kier alpha value is -1.21. The highest BCUT2D eigenvalue weighted by Crippen LogP contribution is 2.24. The summed E-state index contributed by atoms with van der Waals surface area (Å²) in [5.41, 5.74) is 7.22. The monoisotopic (exact) mass is 407 g/mol. The van der Waals surface area contributed by atoms with Crippen molar-refractivity contribution in [1.82, 2.24) is 10.3 Å². The molecule has 0 bridgehead atoms. The molecule has 3 N–H and O–H groups in total. The third-order valence-corrected chi connectivity index (χ3v) is 4.95. The molecule has 0 unspecified atom stereocenters. The molecule has 0 radical (unpaired) electrons. The lowest BCUT2D eigenvalue weighted by Crippen LogP contribution is -2.49. The highest BCUT2D eigenvalue weighted by molar-refractivity contribution is 7.13. The van der Waals surface area contributed by atoms with Gasteiger partial charge in [-0.1, -0.05) is 26.0 Å². The van der Waals surface area contributed by atoms with Crippen LogP contribution in [0.1, 0.15) is 32.4 Å². The second-order valence-corrected chi connectivity index (χ2v) is 6.54. The topological polar surface area (TPSA) is 68.0 Å². The van der Waals surface area contributed by atoms with Crippen molar-refractivity contribution in [3.8, 4) is 10.6 Å². The molecule has 0 aliphatic rings. The molecule has 0 aliphatic carbocycles. The summed E-state index contributed by atoms with van der Waals surface area (Å²) in [7, 11) is 0. The van der Waals surface area contributed by atoms with Gasteiger partial charge in [-0.15, -0.1) is 36.2 Å². The number of hydrogen-bond acceptors (Lipinski definition) is 4. The Kier molecular flexibility index (Phi) is 10.2. The van der Waals surface area contributed by atoms with E-state index in [1.165, 1.54) is 23.5 Å². The van der Waals surface area contributed by atoms with Crippen LogP contribution < -0.4 is 11.1 Å². The van der Waals surface area contributed by atoms with Gasteiger partial charge in [0.15, 0.2) is 0 Å². The molecule has 0 spiro atoms. The standard InChI is InChI=1S/C17H22FN3OS.2ClH/c1-3-17(19,4-2)11-20-15(22)9-14-10-23-16(21-14)12-6-5-7-13(18)8-12;;/h5-8,10H,3-4,9,11,19H2,1-2H3,(H,20,22);2*1H. The normalized spacial score (nSPS) is 10.6. The van der Waals surface area contributed by atoms with E-state index in [0.717, 1.165) is 18.4 Å². The van der Waals surface area contributed by atoms with E-state index < -0.39 is 0 Å². The molecule has 8 heteroatoms. The first-order chi connectivity index (χ1) is 11.0. The van der Waals surface area contributed by atoms with Gasteiger partial charge >= 0.3 is 0 Å². The zero-order valence-corrected chi connectivity index (χ0v) is 16.7. The van der Waals surface area contributed by atoms with E-state index in [1.807, 2.05) is 19.2 Å². The summed E-state index contributed by atoms with van der Waals surface area (Å²) in [5.74, 6) is -0.395. The van der Waals surface area contributed by atoms with E-state index >= 15 is 0 Å². The van der Waals surface area contributed by atoms with E-state index in [9.17, 15) is 9.18 Å². The second-order valence-electron chi connectivity index (χ2n) is 5.68. The van der Waals surface area contributed by atoms with Gasteiger partial charge in [0.1, 0.15) is 10.8 Å². The lowest BCUT2D eigenvalue weighted by Gasteiger charge is -2.26. The molecular weight excluding hydrogens is 384 g/mol. The number of carbonyl (C=O) groups excluding carboxylic acids is 1. The fraction of sp³-hybridized carbons (Fsp3) is 0.412. The lowest BCUT2D eigenvalue weighted by molar-refractivity contribution is -0.120. The first kappa shape index (κ1) is 23.8. The van der Waals surface area contributed by atoms with Crippen LogP contribution in [0.15, 0.2) is 29.6 Å². The first-order valence-electron chi connectivity index (χ1n) is 7.71. The molecular formula is C17H24Cl2FN3OS. The van der Waals surface area contributed by atoms with E-state index in [4.69, 9.17) is 5.73 Å². The lowest BCUT2D eigenvalue weighted by atomic mass is 9.94. The van der Waals surface area contributed by atoms with Crippen LogP contribution >= 0.6 is 36.2 Å². The van der Waals surface area contributed by atoms with Gasteiger partial charge in [0.05, 0.1) is 12.1 Å². The molecule has 0 atom stereocenters. The van der Waals surface area contributed by atoms with Crippen molar-refractivity contribution in [1.29, 1.82) is 0 Å². The molecule has 140 valence electrons. The van der Waals surface area contributed by atoms with E-state index in [2.05, 4.69) is 10.3 Å².